The largest absolute Gasteiger partial charge is 0.309 e. The maximum atomic E-state index is 13.2. The van der Waals surface area contributed by atoms with E-state index in [-0.39, 0.29) is 27.8 Å². The number of benzene rings is 1. The van der Waals surface area contributed by atoms with E-state index in [4.69, 9.17) is 11.6 Å². The van der Waals surface area contributed by atoms with E-state index in [9.17, 15) is 4.39 Å². The molecule has 1 nitrogen and oxygen atoms in total. The van der Waals surface area contributed by atoms with Gasteiger partial charge in [0.2, 0.25) is 0 Å². The molecule has 3 atom stereocenters. The summed E-state index contributed by atoms with van der Waals surface area (Å²) in [5.41, 5.74) is 1.85. The number of halogens is 3. The molecule has 2 aliphatic carbocycles. The van der Waals surface area contributed by atoms with Gasteiger partial charge in [-0.1, -0.05) is 38.4 Å². The standard InChI is InChI=1S/C17H23ClFN.BrH/c1-16(2)12-6-7-17(16,3)15(9-12)20-10-11-4-5-14(19)13(18)8-11;/h4-5,8,12,15,20H,6-7,9-10H2,1-3H3;1H/t12-,15+,17+;/m0./s1. The molecule has 0 aromatic heterocycles. The molecule has 2 bridgehead atoms. The molecule has 21 heavy (non-hydrogen) atoms. The Labute approximate surface area is 142 Å². The zero-order valence-electron chi connectivity index (χ0n) is 12.9. The van der Waals surface area contributed by atoms with Crippen LogP contribution < -0.4 is 5.32 Å². The first-order chi connectivity index (χ1) is 9.34. The second-order valence-corrected chi connectivity index (χ2v) is 7.70. The van der Waals surface area contributed by atoms with E-state index in [2.05, 4.69) is 26.1 Å². The Kier molecular flexibility index (Phi) is 4.78. The van der Waals surface area contributed by atoms with E-state index >= 15 is 0 Å². The summed E-state index contributed by atoms with van der Waals surface area (Å²) in [6.07, 6.45) is 3.94. The smallest absolute Gasteiger partial charge is 0.141 e. The zero-order chi connectivity index (χ0) is 14.5. The van der Waals surface area contributed by atoms with Crippen molar-refractivity contribution in [2.75, 3.05) is 0 Å². The molecule has 118 valence electrons. The molecule has 0 unspecified atom stereocenters. The Morgan fingerprint density at radius 3 is 2.57 bits per heavy atom. The molecule has 0 amide bonds. The van der Waals surface area contributed by atoms with Crippen molar-refractivity contribution in [3.63, 3.8) is 0 Å². The molecular formula is C17H24BrClFN. The molecule has 1 aromatic carbocycles. The van der Waals surface area contributed by atoms with Gasteiger partial charge in [0.1, 0.15) is 5.82 Å². The predicted octanol–water partition coefficient (Wildman–Crippen LogP) is 5.36. The molecule has 0 radical (unpaired) electrons. The summed E-state index contributed by atoms with van der Waals surface area (Å²) in [7, 11) is 0. The van der Waals surface area contributed by atoms with Gasteiger partial charge >= 0.3 is 0 Å². The summed E-state index contributed by atoms with van der Waals surface area (Å²) in [4.78, 5) is 0. The van der Waals surface area contributed by atoms with E-state index in [1.54, 1.807) is 6.07 Å². The quantitative estimate of drug-likeness (QED) is 0.748. The third-order valence-corrected chi connectivity index (χ3v) is 6.62. The van der Waals surface area contributed by atoms with Crippen LogP contribution in [0, 0.1) is 22.6 Å². The van der Waals surface area contributed by atoms with Crippen molar-refractivity contribution in [3.8, 4) is 0 Å². The topological polar surface area (TPSA) is 12.0 Å². The van der Waals surface area contributed by atoms with Gasteiger partial charge in [0.15, 0.2) is 0 Å². The average molecular weight is 377 g/mol. The van der Waals surface area contributed by atoms with Crippen molar-refractivity contribution < 1.29 is 4.39 Å². The lowest BCUT2D eigenvalue weighted by atomic mass is 9.69. The van der Waals surface area contributed by atoms with Gasteiger partial charge in [-0.3, -0.25) is 0 Å². The minimum Gasteiger partial charge on any atom is -0.309 e. The molecule has 4 heteroatoms. The second kappa shape index (κ2) is 5.82. The fourth-order valence-corrected chi connectivity index (χ4v) is 4.61. The maximum absolute atomic E-state index is 13.2. The fraction of sp³-hybridized carbons (Fsp3) is 0.647. The summed E-state index contributed by atoms with van der Waals surface area (Å²) in [5.74, 6) is 0.491. The highest BCUT2D eigenvalue weighted by Crippen LogP contribution is 2.65. The first kappa shape index (κ1) is 17.2. The summed E-state index contributed by atoms with van der Waals surface area (Å²) in [6.45, 7) is 8.03. The van der Waals surface area contributed by atoms with Crippen LogP contribution in [-0.4, -0.2) is 6.04 Å². The molecule has 0 heterocycles. The predicted molar refractivity (Wildman–Crippen MR) is 91.6 cm³/mol. The van der Waals surface area contributed by atoms with Crippen molar-refractivity contribution in [2.45, 2.75) is 52.6 Å². The van der Waals surface area contributed by atoms with Gasteiger partial charge in [-0.05, 0) is 53.7 Å². The zero-order valence-corrected chi connectivity index (χ0v) is 15.3. The summed E-state index contributed by atoms with van der Waals surface area (Å²) in [5, 5.41) is 3.90. The molecule has 0 spiro atoms. The summed E-state index contributed by atoms with van der Waals surface area (Å²) in [6, 6.07) is 5.55. The Morgan fingerprint density at radius 1 is 1.33 bits per heavy atom. The number of hydrogen-bond donors (Lipinski definition) is 1. The van der Waals surface area contributed by atoms with Gasteiger partial charge in [0.05, 0.1) is 5.02 Å². The van der Waals surface area contributed by atoms with Gasteiger partial charge in [-0.15, -0.1) is 17.0 Å². The maximum Gasteiger partial charge on any atom is 0.141 e. The normalized spacial score (nSPS) is 33.0. The third-order valence-electron chi connectivity index (χ3n) is 6.33. The van der Waals surface area contributed by atoms with Crippen molar-refractivity contribution in [1.29, 1.82) is 0 Å². The SMILES string of the molecule is Br.CC1(C)[C@H]2CC[C@]1(C)[C@H](NCc1ccc(F)c(Cl)c1)C2. The number of rotatable bonds is 3. The van der Waals surface area contributed by atoms with Crippen LogP contribution in [0.25, 0.3) is 0 Å². The monoisotopic (exact) mass is 375 g/mol. The van der Waals surface area contributed by atoms with Gasteiger partial charge in [-0.25, -0.2) is 4.39 Å². The highest BCUT2D eigenvalue weighted by atomic mass is 79.9. The Hall–Kier alpha value is -0.120. The highest BCUT2D eigenvalue weighted by molar-refractivity contribution is 8.93. The lowest BCUT2D eigenvalue weighted by molar-refractivity contribution is 0.120. The van der Waals surface area contributed by atoms with E-state index in [0.717, 1.165) is 18.0 Å². The van der Waals surface area contributed by atoms with Crippen LogP contribution >= 0.6 is 28.6 Å². The van der Waals surface area contributed by atoms with Crippen LogP contribution in [0.3, 0.4) is 0 Å². The Morgan fingerprint density at radius 2 is 2.05 bits per heavy atom. The van der Waals surface area contributed by atoms with Crippen molar-refractivity contribution >= 4 is 28.6 Å². The fourth-order valence-electron chi connectivity index (χ4n) is 4.40. The number of fused-ring (bicyclic) bond motifs is 2. The van der Waals surface area contributed by atoms with Crippen LogP contribution in [0.2, 0.25) is 5.02 Å². The molecule has 2 fully saturated rings. The second-order valence-electron chi connectivity index (χ2n) is 7.29. The Bertz CT molecular complexity index is 534. The molecule has 2 aliphatic rings. The van der Waals surface area contributed by atoms with E-state index in [1.807, 2.05) is 6.07 Å². The number of nitrogens with one attached hydrogen (secondary N) is 1. The first-order valence-corrected chi connectivity index (χ1v) is 7.90. The van der Waals surface area contributed by atoms with Crippen molar-refractivity contribution in [2.24, 2.45) is 16.7 Å². The Balaban J connectivity index is 0.00000161. The van der Waals surface area contributed by atoms with Gasteiger partial charge in [0, 0.05) is 12.6 Å². The molecule has 0 aliphatic heterocycles. The lowest BCUT2D eigenvalue weighted by Gasteiger charge is -2.39. The average Bonchev–Trinajstić information content (AvgIpc) is 2.73. The molecule has 1 aromatic rings. The van der Waals surface area contributed by atoms with Gasteiger partial charge < -0.3 is 5.32 Å². The third kappa shape index (κ3) is 2.66. The first-order valence-electron chi connectivity index (χ1n) is 7.52. The van der Waals surface area contributed by atoms with Crippen LogP contribution in [-0.2, 0) is 6.54 Å². The van der Waals surface area contributed by atoms with Crippen molar-refractivity contribution in [3.05, 3.63) is 34.6 Å². The van der Waals surface area contributed by atoms with E-state index < -0.39 is 0 Å². The van der Waals surface area contributed by atoms with Gasteiger partial charge in [0.25, 0.3) is 0 Å². The van der Waals surface area contributed by atoms with Gasteiger partial charge in [-0.2, -0.15) is 0 Å². The van der Waals surface area contributed by atoms with E-state index in [1.165, 1.54) is 25.3 Å². The van der Waals surface area contributed by atoms with Crippen LogP contribution in [0.5, 0.6) is 0 Å². The molecule has 1 N–H and O–H groups in total. The molecule has 2 saturated carbocycles. The summed E-state index contributed by atoms with van der Waals surface area (Å²) < 4.78 is 13.2. The minimum absolute atomic E-state index is 0. The van der Waals surface area contributed by atoms with Crippen molar-refractivity contribution in [1.82, 2.24) is 5.32 Å². The minimum atomic E-state index is -0.344. The summed E-state index contributed by atoms with van der Waals surface area (Å²) >= 11 is 5.84. The lowest BCUT2D eigenvalue weighted by Crippen LogP contribution is -2.44. The molecule has 3 rings (SSSR count). The van der Waals surface area contributed by atoms with Crippen LogP contribution in [0.4, 0.5) is 4.39 Å². The van der Waals surface area contributed by atoms with Crippen LogP contribution in [0.15, 0.2) is 18.2 Å². The van der Waals surface area contributed by atoms with Crippen LogP contribution in [0.1, 0.15) is 45.6 Å². The van der Waals surface area contributed by atoms with E-state index in [0.29, 0.717) is 16.9 Å². The molecule has 0 saturated heterocycles. The highest BCUT2D eigenvalue weighted by Gasteiger charge is 2.60. The molecular weight excluding hydrogens is 353 g/mol. The number of hydrogen-bond acceptors (Lipinski definition) is 1.